The molecule has 19 heavy (non-hydrogen) atoms. The molecule has 2 aromatic rings. The van der Waals surface area contributed by atoms with E-state index in [0.717, 1.165) is 0 Å². The van der Waals surface area contributed by atoms with Gasteiger partial charge in [0.05, 0.1) is 17.2 Å². The molecular formula is C13H14N2O4. The lowest BCUT2D eigenvalue weighted by atomic mass is 10.1. The molecule has 1 N–H and O–H groups in total. The average molecular weight is 262 g/mol. The second kappa shape index (κ2) is 4.24. The third-order valence-corrected chi connectivity index (χ3v) is 3.50. The molecule has 3 rings (SSSR count). The number of para-hydroxylation sites is 1. The average Bonchev–Trinajstić information content (AvgIpc) is 2.94. The maximum atomic E-state index is 12.4. The summed E-state index contributed by atoms with van der Waals surface area (Å²) in [6.07, 6.45) is 0.117. The van der Waals surface area contributed by atoms with Gasteiger partial charge in [-0.25, -0.2) is 4.79 Å². The Labute approximate surface area is 108 Å². The number of benzene rings is 1. The van der Waals surface area contributed by atoms with Crippen LogP contribution >= 0.6 is 0 Å². The van der Waals surface area contributed by atoms with Gasteiger partial charge in [0.1, 0.15) is 0 Å². The number of amides is 1. The van der Waals surface area contributed by atoms with E-state index in [9.17, 15) is 14.7 Å². The smallest absolute Gasteiger partial charge is 0.407 e. The Morgan fingerprint density at radius 2 is 2.26 bits per heavy atom. The molecule has 0 unspecified atom stereocenters. The molecule has 1 saturated heterocycles. The predicted molar refractivity (Wildman–Crippen MR) is 68.0 cm³/mol. The van der Waals surface area contributed by atoms with Crippen molar-refractivity contribution in [2.24, 2.45) is 7.05 Å². The Hall–Kier alpha value is -2.08. The van der Waals surface area contributed by atoms with Crippen molar-refractivity contribution >= 4 is 17.0 Å². The lowest BCUT2D eigenvalue weighted by molar-refractivity contribution is 0.0765. The number of likely N-dealkylation sites (tertiary alicyclic amines) is 1. The number of hydrogen-bond acceptors (Lipinski definition) is 4. The number of rotatable bonds is 1. The number of aromatic nitrogens is 1. The Bertz CT molecular complexity index is 700. The first kappa shape index (κ1) is 12.0. The van der Waals surface area contributed by atoms with Crippen LogP contribution in [0.5, 0.6) is 0 Å². The summed E-state index contributed by atoms with van der Waals surface area (Å²) in [6, 6.07) is 5.09. The second-order valence-electron chi connectivity index (χ2n) is 4.77. The van der Waals surface area contributed by atoms with Gasteiger partial charge >= 0.3 is 5.76 Å². The number of aliphatic hydroxyl groups is 1. The van der Waals surface area contributed by atoms with Crippen LogP contribution in [-0.2, 0) is 7.05 Å². The van der Waals surface area contributed by atoms with Gasteiger partial charge in [-0.05, 0) is 18.6 Å². The Kier molecular flexibility index (Phi) is 2.67. The van der Waals surface area contributed by atoms with Crippen molar-refractivity contribution in [2.75, 3.05) is 13.1 Å². The summed E-state index contributed by atoms with van der Waals surface area (Å²) in [6.45, 7) is 0.847. The Morgan fingerprint density at radius 1 is 1.47 bits per heavy atom. The van der Waals surface area contributed by atoms with Gasteiger partial charge in [-0.2, -0.15) is 0 Å². The van der Waals surface area contributed by atoms with Crippen LogP contribution in [0.4, 0.5) is 0 Å². The van der Waals surface area contributed by atoms with Gasteiger partial charge in [0.2, 0.25) is 0 Å². The van der Waals surface area contributed by atoms with Crippen LogP contribution in [0, 0.1) is 0 Å². The van der Waals surface area contributed by atoms with Gasteiger partial charge in [-0.15, -0.1) is 0 Å². The summed E-state index contributed by atoms with van der Waals surface area (Å²) in [5.41, 5.74) is 1.27. The molecule has 6 heteroatoms. The van der Waals surface area contributed by atoms with Crippen molar-refractivity contribution in [1.82, 2.24) is 9.47 Å². The minimum Gasteiger partial charge on any atom is -0.407 e. The fourth-order valence-corrected chi connectivity index (χ4v) is 2.42. The van der Waals surface area contributed by atoms with Gasteiger partial charge in [-0.3, -0.25) is 9.36 Å². The summed E-state index contributed by atoms with van der Waals surface area (Å²) in [7, 11) is 1.60. The zero-order valence-corrected chi connectivity index (χ0v) is 10.5. The number of carbonyl (C=O) groups excluding carboxylic acids is 1. The molecule has 6 nitrogen and oxygen atoms in total. The molecule has 0 saturated carbocycles. The lowest BCUT2D eigenvalue weighted by Gasteiger charge is -2.15. The van der Waals surface area contributed by atoms with E-state index in [1.165, 1.54) is 4.57 Å². The normalized spacial score (nSPS) is 19.3. The van der Waals surface area contributed by atoms with Crippen LogP contribution in [0.25, 0.3) is 11.1 Å². The third-order valence-electron chi connectivity index (χ3n) is 3.50. The van der Waals surface area contributed by atoms with E-state index < -0.39 is 11.9 Å². The van der Waals surface area contributed by atoms with Crippen LogP contribution in [-0.4, -0.2) is 39.7 Å². The zero-order valence-electron chi connectivity index (χ0n) is 10.5. The number of β-amino-alcohol motifs (C(OH)–C–C–N with tert-alkyl or cyclic N) is 1. The first-order chi connectivity index (χ1) is 9.08. The SMILES string of the molecule is Cn1c(=O)oc2c(C(=O)N3CC[C@@H](O)C3)cccc21. The standard InChI is InChI=1S/C13H14N2O4/c1-14-10-4-2-3-9(11(10)19-13(14)18)12(17)15-6-5-8(16)7-15/h2-4,8,16H,5-7H2,1H3/t8-/m1/s1. The Morgan fingerprint density at radius 3 is 2.95 bits per heavy atom. The highest BCUT2D eigenvalue weighted by Crippen LogP contribution is 2.21. The maximum absolute atomic E-state index is 12.4. The molecule has 1 aliphatic heterocycles. The molecule has 1 amide bonds. The summed E-state index contributed by atoms with van der Waals surface area (Å²) >= 11 is 0. The van der Waals surface area contributed by atoms with Gasteiger partial charge < -0.3 is 14.4 Å². The number of hydrogen-bond donors (Lipinski definition) is 1. The molecular weight excluding hydrogens is 248 g/mol. The van der Waals surface area contributed by atoms with E-state index in [0.29, 0.717) is 36.2 Å². The van der Waals surface area contributed by atoms with Crippen LogP contribution in [0.3, 0.4) is 0 Å². The number of nitrogens with zero attached hydrogens (tertiary/aromatic N) is 2. The quantitative estimate of drug-likeness (QED) is 0.804. The van der Waals surface area contributed by atoms with Crippen molar-refractivity contribution in [3.05, 3.63) is 34.3 Å². The number of oxazole rings is 1. The van der Waals surface area contributed by atoms with Gasteiger partial charge in [0.15, 0.2) is 5.58 Å². The first-order valence-electron chi connectivity index (χ1n) is 6.14. The van der Waals surface area contributed by atoms with Crippen LogP contribution < -0.4 is 5.76 Å². The highest BCUT2D eigenvalue weighted by Gasteiger charge is 2.27. The molecule has 1 aromatic carbocycles. The molecule has 0 spiro atoms. The molecule has 1 fully saturated rings. The van der Waals surface area contributed by atoms with Crippen molar-refractivity contribution in [1.29, 1.82) is 0 Å². The number of carbonyl (C=O) groups is 1. The van der Waals surface area contributed by atoms with Crippen molar-refractivity contribution in [2.45, 2.75) is 12.5 Å². The summed E-state index contributed by atoms with van der Waals surface area (Å²) in [5.74, 6) is -0.701. The molecule has 2 heterocycles. The minimum absolute atomic E-state index is 0.212. The highest BCUT2D eigenvalue weighted by molar-refractivity contribution is 6.04. The van der Waals surface area contributed by atoms with Crippen LogP contribution in [0.1, 0.15) is 16.8 Å². The monoisotopic (exact) mass is 262 g/mol. The highest BCUT2D eigenvalue weighted by atomic mass is 16.4. The number of aryl methyl sites for hydroxylation is 1. The lowest BCUT2D eigenvalue weighted by Crippen LogP contribution is -2.29. The molecule has 0 aliphatic carbocycles. The predicted octanol–water partition coefficient (Wildman–Crippen LogP) is 0.338. The fraction of sp³-hybridized carbons (Fsp3) is 0.385. The number of aliphatic hydroxyl groups excluding tert-OH is 1. The summed E-state index contributed by atoms with van der Waals surface area (Å²) < 4.78 is 6.50. The molecule has 1 atom stereocenters. The Balaban J connectivity index is 2.08. The molecule has 100 valence electrons. The van der Waals surface area contributed by atoms with Crippen molar-refractivity contribution in [3.63, 3.8) is 0 Å². The summed E-state index contributed by atoms with van der Waals surface area (Å²) in [5, 5.41) is 9.49. The zero-order chi connectivity index (χ0) is 13.6. The third kappa shape index (κ3) is 1.84. The van der Waals surface area contributed by atoms with Crippen LogP contribution in [0.2, 0.25) is 0 Å². The maximum Gasteiger partial charge on any atom is 0.419 e. The second-order valence-corrected chi connectivity index (χ2v) is 4.77. The van der Waals surface area contributed by atoms with E-state index in [-0.39, 0.29) is 5.91 Å². The largest absolute Gasteiger partial charge is 0.419 e. The van der Waals surface area contributed by atoms with Crippen LogP contribution in [0.15, 0.2) is 27.4 Å². The number of fused-ring (bicyclic) bond motifs is 1. The minimum atomic E-state index is -0.489. The molecule has 1 aromatic heterocycles. The van der Waals surface area contributed by atoms with E-state index >= 15 is 0 Å². The molecule has 0 radical (unpaired) electrons. The van der Waals surface area contributed by atoms with E-state index in [1.54, 1.807) is 30.1 Å². The summed E-state index contributed by atoms with van der Waals surface area (Å²) in [4.78, 5) is 25.5. The first-order valence-corrected chi connectivity index (χ1v) is 6.14. The van der Waals surface area contributed by atoms with Gasteiger partial charge in [-0.1, -0.05) is 6.07 Å². The molecule has 1 aliphatic rings. The van der Waals surface area contributed by atoms with E-state index in [1.807, 2.05) is 0 Å². The van der Waals surface area contributed by atoms with Gasteiger partial charge in [0.25, 0.3) is 5.91 Å². The molecule has 0 bridgehead atoms. The van der Waals surface area contributed by atoms with Crippen molar-refractivity contribution in [3.8, 4) is 0 Å². The van der Waals surface area contributed by atoms with Gasteiger partial charge in [0, 0.05) is 20.1 Å². The van der Waals surface area contributed by atoms with E-state index in [2.05, 4.69) is 0 Å². The topological polar surface area (TPSA) is 75.7 Å². The van der Waals surface area contributed by atoms with Crippen molar-refractivity contribution < 1.29 is 14.3 Å². The fourth-order valence-electron chi connectivity index (χ4n) is 2.42. The van der Waals surface area contributed by atoms with E-state index in [4.69, 9.17) is 4.42 Å².